The van der Waals surface area contributed by atoms with E-state index in [0.717, 1.165) is 19.4 Å². The molecule has 0 aliphatic rings. The Morgan fingerprint density at radius 3 is 2.83 bits per heavy atom. The number of fused-ring (bicyclic) bond motifs is 1. The van der Waals surface area contributed by atoms with Crippen molar-refractivity contribution in [1.82, 2.24) is 24.5 Å². The summed E-state index contributed by atoms with van der Waals surface area (Å²) in [6.45, 7) is 5.65. The Morgan fingerprint density at radius 1 is 1.39 bits per heavy atom. The first-order chi connectivity index (χ1) is 8.76. The molecule has 1 N–H and O–H groups in total. The first-order valence-corrected chi connectivity index (χ1v) is 6.38. The van der Waals surface area contributed by atoms with Crippen molar-refractivity contribution in [2.45, 2.75) is 39.3 Å². The third kappa shape index (κ3) is 2.59. The van der Waals surface area contributed by atoms with Crippen LogP contribution in [0.2, 0.25) is 0 Å². The Labute approximate surface area is 106 Å². The topological polar surface area (TPSA) is 64.2 Å². The van der Waals surface area contributed by atoms with E-state index in [1.54, 1.807) is 18.6 Å². The first kappa shape index (κ1) is 12.8. The van der Waals surface area contributed by atoms with E-state index in [1.165, 1.54) is 9.08 Å². The van der Waals surface area contributed by atoms with Gasteiger partial charge in [-0.05, 0) is 12.8 Å². The van der Waals surface area contributed by atoms with E-state index in [4.69, 9.17) is 0 Å². The van der Waals surface area contributed by atoms with E-state index in [-0.39, 0.29) is 5.69 Å². The molecule has 0 bridgehead atoms. The van der Waals surface area contributed by atoms with Gasteiger partial charge in [0.2, 0.25) is 0 Å². The van der Waals surface area contributed by atoms with Crippen molar-refractivity contribution >= 4 is 5.65 Å². The molecular formula is C12H19N5O. The van der Waals surface area contributed by atoms with Gasteiger partial charge in [-0.2, -0.15) is 0 Å². The summed E-state index contributed by atoms with van der Waals surface area (Å²) in [5.41, 5.74) is 0.476. The van der Waals surface area contributed by atoms with Gasteiger partial charge in [0.1, 0.15) is 0 Å². The molecule has 0 saturated heterocycles. The molecule has 6 nitrogen and oxygen atoms in total. The Morgan fingerprint density at radius 2 is 2.17 bits per heavy atom. The largest absolute Gasteiger partial charge is 0.350 e. The third-order valence-corrected chi connectivity index (χ3v) is 3.13. The van der Waals surface area contributed by atoms with E-state index in [1.807, 2.05) is 0 Å². The second kappa shape index (κ2) is 5.77. The molecule has 0 spiro atoms. The standard InChI is InChI=1S/C12H19N5O/c1-3-10(4-2)14-6-8-17-12(18)16-7-5-13-9-11(16)15-17/h5,7,9-10,14H,3-4,6,8H2,1-2H3. The monoisotopic (exact) mass is 249 g/mol. The maximum Gasteiger partial charge on any atom is 0.350 e. The molecule has 2 rings (SSSR count). The van der Waals surface area contributed by atoms with Gasteiger partial charge in [-0.1, -0.05) is 13.8 Å². The quantitative estimate of drug-likeness (QED) is 0.817. The van der Waals surface area contributed by atoms with Crippen LogP contribution in [0, 0.1) is 0 Å². The molecule has 98 valence electrons. The molecule has 2 aromatic rings. The van der Waals surface area contributed by atoms with Crippen molar-refractivity contribution in [1.29, 1.82) is 0 Å². The molecule has 0 saturated carbocycles. The molecule has 0 aliphatic carbocycles. The third-order valence-electron chi connectivity index (χ3n) is 3.13. The molecule has 0 aromatic carbocycles. The van der Waals surface area contributed by atoms with Crippen molar-refractivity contribution in [3.05, 3.63) is 29.1 Å². The number of nitrogens with one attached hydrogen (secondary N) is 1. The van der Waals surface area contributed by atoms with E-state index in [2.05, 4.69) is 29.2 Å². The second-order valence-corrected chi connectivity index (χ2v) is 4.28. The number of aromatic nitrogens is 4. The Balaban J connectivity index is 2.04. The number of rotatable bonds is 6. The molecule has 0 aliphatic heterocycles. The summed E-state index contributed by atoms with van der Waals surface area (Å²) >= 11 is 0. The van der Waals surface area contributed by atoms with Crippen molar-refractivity contribution in [2.75, 3.05) is 6.54 Å². The van der Waals surface area contributed by atoms with Gasteiger partial charge in [0.25, 0.3) is 0 Å². The molecule has 0 amide bonds. The molecule has 2 heterocycles. The maximum atomic E-state index is 12.0. The fourth-order valence-corrected chi connectivity index (χ4v) is 1.98. The minimum absolute atomic E-state index is 0.112. The highest BCUT2D eigenvalue weighted by atomic mass is 16.2. The molecule has 0 unspecified atom stereocenters. The smallest absolute Gasteiger partial charge is 0.312 e. The van der Waals surface area contributed by atoms with E-state index < -0.39 is 0 Å². The SMILES string of the molecule is CCC(CC)NCCn1nc2cnccn2c1=O. The van der Waals surface area contributed by atoms with Gasteiger partial charge in [0, 0.05) is 25.0 Å². The summed E-state index contributed by atoms with van der Waals surface area (Å²) in [5.74, 6) is 0. The van der Waals surface area contributed by atoms with Crippen LogP contribution in [0.3, 0.4) is 0 Å². The number of hydrogen-bond acceptors (Lipinski definition) is 4. The molecule has 0 atom stereocenters. The summed E-state index contributed by atoms with van der Waals surface area (Å²) in [4.78, 5) is 15.9. The van der Waals surface area contributed by atoms with Crippen LogP contribution in [0.15, 0.2) is 23.4 Å². The fourth-order valence-electron chi connectivity index (χ4n) is 1.98. The van der Waals surface area contributed by atoms with Gasteiger partial charge in [0.15, 0.2) is 5.65 Å². The maximum absolute atomic E-state index is 12.0. The van der Waals surface area contributed by atoms with Crippen molar-refractivity contribution in [2.24, 2.45) is 0 Å². The number of hydrogen-bond donors (Lipinski definition) is 1. The highest BCUT2D eigenvalue weighted by Crippen LogP contribution is 1.96. The lowest BCUT2D eigenvalue weighted by molar-refractivity contribution is 0.450. The molecule has 18 heavy (non-hydrogen) atoms. The van der Waals surface area contributed by atoms with Crippen LogP contribution in [0.5, 0.6) is 0 Å². The lowest BCUT2D eigenvalue weighted by atomic mass is 10.2. The van der Waals surface area contributed by atoms with Crippen LogP contribution < -0.4 is 11.0 Å². The van der Waals surface area contributed by atoms with Gasteiger partial charge < -0.3 is 5.32 Å². The summed E-state index contributed by atoms with van der Waals surface area (Å²) in [7, 11) is 0. The van der Waals surface area contributed by atoms with Gasteiger partial charge in [-0.3, -0.25) is 4.98 Å². The summed E-state index contributed by atoms with van der Waals surface area (Å²) in [5, 5.41) is 7.64. The van der Waals surface area contributed by atoms with Crippen molar-refractivity contribution in [3.8, 4) is 0 Å². The van der Waals surface area contributed by atoms with Crippen LogP contribution in [-0.2, 0) is 6.54 Å². The lowest BCUT2D eigenvalue weighted by Gasteiger charge is -2.13. The summed E-state index contributed by atoms with van der Waals surface area (Å²) in [6.07, 6.45) is 7.01. The van der Waals surface area contributed by atoms with E-state index in [0.29, 0.717) is 18.2 Å². The van der Waals surface area contributed by atoms with Crippen LogP contribution in [0.1, 0.15) is 26.7 Å². The number of nitrogens with zero attached hydrogens (tertiary/aromatic N) is 4. The zero-order valence-electron chi connectivity index (χ0n) is 10.8. The summed E-state index contributed by atoms with van der Waals surface area (Å²) < 4.78 is 2.98. The van der Waals surface area contributed by atoms with Crippen LogP contribution in [0.25, 0.3) is 5.65 Å². The second-order valence-electron chi connectivity index (χ2n) is 4.28. The zero-order valence-corrected chi connectivity index (χ0v) is 10.8. The predicted octanol–water partition coefficient (Wildman–Crippen LogP) is 0.669. The average Bonchev–Trinajstić information content (AvgIpc) is 2.72. The molecule has 2 aromatic heterocycles. The average molecular weight is 249 g/mol. The molecule has 6 heteroatoms. The van der Waals surface area contributed by atoms with Gasteiger partial charge in [-0.15, -0.1) is 5.10 Å². The van der Waals surface area contributed by atoms with Crippen molar-refractivity contribution < 1.29 is 0 Å². The van der Waals surface area contributed by atoms with E-state index >= 15 is 0 Å². The first-order valence-electron chi connectivity index (χ1n) is 6.38. The highest BCUT2D eigenvalue weighted by Gasteiger charge is 2.07. The molecule has 0 radical (unpaired) electrons. The van der Waals surface area contributed by atoms with E-state index in [9.17, 15) is 4.79 Å². The lowest BCUT2D eigenvalue weighted by Crippen LogP contribution is -2.33. The normalized spacial score (nSPS) is 11.5. The zero-order chi connectivity index (χ0) is 13.0. The van der Waals surface area contributed by atoms with Gasteiger partial charge >= 0.3 is 5.69 Å². The van der Waals surface area contributed by atoms with Crippen molar-refractivity contribution in [3.63, 3.8) is 0 Å². The van der Waals surface area contributed by atoms with Crippen LogP contribution in [-0.4, -0.2) is 31.8 Å². The Hall–Kier alpha value is -1.69. The van der Waals surface area contributed by atoms with Gasteiger partial charge in [-0.25, -0.2) is 13.9 Å². The fraction of sp³-hybridized carbons (Fsp3) is 0.583. The highest BCUT2D eigenvalue weighted by molar-refractivity contribution is 5.31. The Kier molecular flexibility index (Phi) is 4.09. The van der Waals surface area contributed by atoms with Crippen LogP contribution >= 0.6 is 0 Å². The Bertz CT molecular complexity index is 555. The molecular weight excluding hydrogens is 230 g/mol. The van der Waals surface area contributed by atoms with Gasteiger partial charge in [0.05, 0.1) is 12.7 Å². The minimum Gasteiger partial charge on any atom is -0.312 e. The van der Waals surface area contributed by atoms with Crippen LogP contribution in [0.4, 0.5) is 0 Å². The minimum atomic E-state index is -0.112. The molecule has 0 fully saturated rings. The summed E-state index contributed by atoms with van der Waals surface area (Å²) in [6, 6.07) is 0.513. The predicted molar refractivity (Wildman–Crippen MR) is 69.6 cm³/mol.